The zero-order valence-electron chi connectivity index (χ0n) is 9.35. The lowest BCUT2D eigenvalue weighted by molar-refractivity contribution is -0.137. The van der Waals surface area contributed by atoms with E-state index in [-0.39, 0.29) is 6.54 Å². The molecule has 0 saturated carbocycles. The lowest BCUT2D eigenvalue weighted by Crippen LogP contribution is -2.06. The predicted molar refractivity (Wildman–Crippen MR) is 58.5 cm³/mol. The van der Waals surface area contributed by atoms with Crippen LogP contribution in [0.2, 0.25) is 0 Å². The van der Waals surface area contributed by atoms with Gasteiger partial charge in [-0.05, 0) is 17.7 Å². The summed E-state index contributed by atoms with van der Waals surface area (Å²) >= 11 is 0. The number of alkyl halides is 3. The first-order chi connectivity index (χ1) is 8.49. The topological polar surface area (TPSA) is 56.7 Å². The largest absolute Gasteiger partial charge is 0.416 e. The first-order valence-electron chi connectivity index (χ1n) is 5.24. The molecule has 0 amide bonds. The summed E-state index contributed by atoms with van der Waals surface area (Å²) in [5.41, 5.74) is 6.08. The van der Waals surface area contributed by atoms with Crippen molar-refractivity contribution in [2.24, 2.45) is 5.73 Å². The van der Waals surface area contributed by atoms with Crippen molar-refractivity contribution in [2.45, 2.75) is 19.3 Å². The van der Waals surface area contributed by atoms with Gasteiger partial charge in [-0.25, -0.2) is 4.68 Å². The first kappa shape index (κ1) is 12.6. The lowest BCUT2D eigenvalue weighted by Gasteiger charge is -2.07. The van der Waals surface area contributed by atoms with Crippen LogP contribution in [0.1, 0.15) is 16.8 Å². The third kappa shape index (κ3) is 2.86. The molecule has 7 heteroatoms. The monoisotopic (exact) mass is 256 g/mol. The molecule has 96 valence electrons. The molecule has 0 aliphatic rings. The van der Waals surface area contributed by atoms with Crippen LogP contribution in [0.5, 0.6) is 0 Å². The maximum absolute atomic E-state index is 12.4. The van der Waals surface area contributed by atoms with Crippen LogP contribution in [0, 0.1) is 0 Å². The second-order valence-corrected chi connectivity index (χ2v) is 3.81. The number of hydrogen-bond acceptors (Lipinski definition) is 3. The molecule has 0 radical (unpaired) electrons. The van der Waals surface area contributed by atoms with Crippen molar-refractivity contribution in [1.29, 1.82) is 0 Å². The smallest absolute Gasteiger partial charge is 0.325 e. The zero-order chi connectivity index (χ0) is 13.2. The molecule has 0 aliphatic heterocycles. The Hall–Kier alpha value is -1.89. The minimum atomic E-state index is -4.31. The molecule has 0 atom stereocenters. The van der Waals surface area contributed by atoms with E-state index in [0.29, 0.717) is 12.2 Å². The van der Waals surface area contributed by atoms with Gasteiger partial charge >= 0.3 is 6.18 Å². The van der Waals surface area contributed by atoms with Crippen molar-refractivity contribution in [3.8, 4) is 0 Å². The van der Waals surface area contributed by atoms with Crippen molar-refractivity contribution in [1.82, 2.24) is 15.0 Å². The first-order valence-corrected chi connectivity index (χ1v) is 5.24. The van der Waals surface area contributed by atoms with E-state index in [0.717, 1.165) is 17.7 Å². The van der Waals surface area contributed by atoms with Crippen molar-refractivity contribution in [2.75, 3.05) is 0 Å². The molecule has 18 heavy (non-hydrogen) atoms. The zero-order valence-corrected chi connectivity index (χ0v) is 9.35. The summed E-state index contributed by atoms with van der Waals surface area (Å²) in [6.07, 6.45) is -2.64. The molecule has 1 heterocycles. The Bertz CT molecular complexity index is 516. The van der Waals surface area contributed by atoms with Crippen LogP contribution < -0.4 is 5.73 Å². The summed E-state index contributed by atoms with van der Waals surface area (Å²) in [6, 6.07) is 4.95. The summed E-state index contributed by atoms with van der Waals surface area (Å²) in [7, 11) is 0. The van der Waals surface area contributed by atoms with E-state index in [1.807, 2.05) is 0 Å². The Morgan fingerprint density at radius 2 is 1.83 bits per heavy atom. The highest BCUT2D eigenvalue weighted by atomic mass is 19.4. The summed E-state index contributed by atoms with van der Waals surface area (Å²) in [4.78, 5) is 0. The van der Waals surface area contributed by atoms with Gasteiger partial charge in [-0.15, -0.1) is 5.10 Å². The summed E-state index contributed by atoms with van der Waals surface area (Å²) in [6.45, 7) is 0.651. The number of halogens is 3. The summed E-state index contributed by atoms with van der Waals surface area (Å²) in [5, 5.41) is 7.61. The molecular formula is C11H11F3N4. The molecule has 0 unspecified atom stereocenters. The number of hydrogen-bond donors (Lipinski definition) is 1. The van der Waals surface area contributed by atoms with Gasteiger partial charge in [0.2, 0.25) is 0 Å². The highest BCUT2D eigenvalue weighted by Crippen LogP contribution is 2.29. The van der Waals surface area contributed by atoms with Gasteiger partial charge in [0.15, 0.2) is 0 Å². The average molecular weight is 256 g/mol. The average Bonchev–Trinajstić information content (AvgIpc) is 2.76. The van der Waals surface area contributed by atoms with Crippen LogP contribution in [0.15, 0.2) is 30.5 Å². The Labute approximate surface area is 101 Å². The van der Waals surface area contributed by atoms with Gasteiger partial charge in [0.1, 0.15) is 0 Å². The molecule has 2 N–H and O–H groups in total. The molecule has 4 nitrogen and oxygen atoms in total. The van der Waals surface area contributed by atoms with E-state index in [1.165, 1.54) is 16.8 Å². The van der Waals surface area contributed by atoms with Crippen LogP contribution in [-0.4, -0.2) is 15.0 Å². The van der Waals surface area contributed by atoms with Crippen LogP contribution in [0.25, 0.3) is 0 Å². The fourth-order valence-electron chi connectivity index (χ4n) is 1.50. The van der Waals surface area contributed by atoms with Crippen molar-refractivity contribution in [3.63, 3.8) is 0 Å². The number of rotatable bonds is 3. The number of nitrogens with zero attached hydrogens (tertiary/aromatic N) is 3. The highest BCUT2D eigenvalue weighted by Gasteiger charge is 2.29. The number of benzene rings is 1. The molecule has 1 aromatic carbocycles. The number of aromatic nitrogens is 3. The molecule has 0 aliphatic carbocycles. The van der Waals surface area contributed by atoms with Gasteiger partial charge in [-0.2, -0.15) is 13.2 Å². The second kappa shape index (κ2) is 4.77. The maximum atomic E-state index is 12.4. The molecule has 0 bridgehead atoms. The van der Waals surface area contributed by atoms with E-state index < -0.39 is 11.7 Å². The summed E-state index contributed by atoms with van der Waals surface area (Å²) < 4.78 is 38.6. The maximum Gasteiger partial charge on any atom is 0.416 e. The van der Waals surface area contributed by atoms with Gasteiger partial charge in [0.25, 0.3) is 0 Å². The SMILES string of the molecule is NCc1cn(Cc2ccc(C(F)(F)F)cc2)nn1. The Morgan fingerprint density at radius 1 is 1.17 bits per heavy atom. The Morgan fingerprint density at radius 3 is 2.33 bits per heavy atom. The molecule has 1 aromatic heterocycles. The van der Waals surface area contributed by atoms with Gasteiger partial charge in [0.05, 0.1) is 24.0 Å². The van der Waals surface area contributed by atoms with Crippen molar-refractivity contribution >= 4 is 0 Å². The lowest BCUT2D eigenvalue weighted by atomic mass is 10.1. The van der Waals surface area contributed by atoms with Gasteiger partial charge in [0, 0.05) is 6.54 Å². The molecule has 0 saturated heterocycles. The minimum Gasteiger partial charge on any atom is -0.325 e. The molecule has 0 spiro atoms. The van der Waals surface area contributed by atoms with Crippen LogP contribution >= 0.6 is 0 Å². The van der Waals surface area contributed by atoms with Gasteiger partial charge in [-0.1, -0.05) is 17.3 Å². The quantitative estimate of drug-likeness (QED) is 0.911. The van der Waals surface area contributed by atoms with E-state index >= 15 is 0 Å². The molecule has 2 rings (SSSR count). The van der Waals surface area contributed by atoms with E-state index in [9.17, 15) is 13.2 Å². The summed E-state index contributed by atoms with van der Waals surface area (Å²) in [5.74, 6) is 0. The Balaban J connectivity index is 2.11. The van der Waals surface area contributed by atoms with Crippen molar-refractivity contribution < 1.29 is 13.2 Å². The van der Waals surface area contributed by atoms with Crippen LogP contribution in [0.3, 0.4) is 0 Å². The molecular weight excluding hydrogens is 245 g/mol. The fourth-order valence-corrected chi connectivity index (χ4v) is 1.50. The second-order valence-electron chi connectivity index (χ2n) is 3.81. The normalized spacial score (nSPS) is 11.8. The third-order valence-corrected chi connectivity index (χ3v) is 2.42. The van der Waals surface area contributed by atoms with E-state index in [1.54, 1.807) is 6.20 Å². The molecule has 2 aromatic rings. The van der Waals surface area contributed by atoms with Crippen molar-refractivity contribution in [3.05, 3.63) is 47.3 Å². The van der Waals surface area contributed by atoms with Crippen LogP contribution in [-0.2, 0) is 19.3 Å². The van der Waals surface area contributed by atoms with E-state index in [2.05, 4.69) is 10.3 Å². The standard InChI is InChI=1S/C11H11F3N4/c12-11(13,14)9-3-1-8(2-4-9)6-18-7-10(5-15)16-17-18/h1-4,7H,5-6,15H2. The van der Waals surface area contributed by atoms with Gasteiger partial charge < -0.3 is 5.73 Å². The number of nitrogens with two attached hydrogens (primary N) is 1. The minimum absolute atomic E-state index is 0.285. The van der Waals surface area contributed by atoms with Crippen LogP contribution in [0.4, 0.5) is 13.2 Å². The highest BCUT2D eigenvalue weighted by molar-refractivity contribution is 5.24. The Kier molecular flexibility index (Phi) is 3.33. The predicted octanol–water partition coefficient (Wildman–Crippen LogP) is 1.80. The third-order valence-electron chi connectivity index (χ3n) is 2.42. The van der Waals surface area contributed by atoms with Gasteiger partial charge in [-0.3, -0.25) is 0 Å². The molecule has 0 fully saturated rings. The fraction of sp³-hybridized carbons (Fsp3) is 0.273. The van der Waals surface area contributed by atoms with E-state index in [4.69, 9.17) is 5.73 Å².